The van der Waals surface area contributed by atoms with Gasteiger partial charge in [-0.25, -0.2) is 18.4 Å². The smallest absolute Gasteiger partial charge is 0.282 e. The lowest BCUT2D eigenvalue weighted by atomic mass is 10.0. The molecule has 6 rings (SSSR count). The molecule has 0 aliphatic heterocycles. The molecule has 2 saturated carbocycles. The Morgan fingerprint density at radius 3 is 2.71 bits per heavy atom. The van der Waals surface area contributed by atoms with Crippen LogP contribution in [0.3, 0.4) is 0 Å². The summed E-state index contributed by atoms with van der Waals surface area (Å²) in [7, 11) is 0. The minimum absolute atomic E-state index is 0.00881. The number of nitrogens with one attached hydrogen (secondary N) is 3. The minimum Gasteiger partial charge on any atom is -0.346 e. The fourth-order valence-electron chi connectivity index (χ4n) is 4.80. The number of aromatic nitrogens is 5. The summed E-state index contributed by atoms with van der Waals surface area (Å²) in [5, 5.41) is 17.2. The van der Waals surface area contributed by atoms with Crippen LogP contribution in [-0.4, -0.2) is 42.3 Å². The number of anilines is 1. The Hall–Kier alpha value is -4.30. The van der Waals surface area contributed by atoms with Crippen LogP contribution in [0, 0.1) is 18.3 Å². The monoisotopic (exact) mass is 535 g/mol. The van der Waals surface area contributed by atoms with Crippen LogP contribution in [0.5, 0.6) is 0 Å². The Bertz CT molecular complexity index is 1650. The standard InChI is InChI=1S/C26H20ClF2N7O2/c1-2-13-10-14-12-31-34-21(14)19(25(38)33-26(7-8-26)15-5-6-15)20(13)32-24(37)18-11-17(22(28)29)35-36(18)23-16(27)4-3-9-30-23/h1,3-4,9-12,15,22H,5-8H2,(H,31,34)(H,32,37)(H,33,38). The number of alkyl halides is 2. The highest BCUT2D eigenvalue weighted by molar-refractivity contribution is 6.32. The molecule has 3 heterocycles. The van der Waals surface area contributed by atoms with E-state index in [2.05, 4.69) is 36.8 Å². The van der Waals surface area contributed by atoms with Gasteiger partial charge in [-0.1, -0.05) is 17.5 Å². The maximum absolute atomic E-state index is 13.7. The van der Waals surface area contributed by atoms with Gasteiger partial charge in [0.05, 0.1) is 28.0 Å². The number of amides is 2. The van der Waals surface area contributed by atoms with E-state index in [9.17, 15) is 18.4 Å². The summed E-state index contributed by atoms with van der Waals surface area (Å²) in [4.78, 5) is 31.3. The van der Waals surface area contributed by atoms with Crippen molar-refractivity contribution in [2.75, 3.05) is 5.32 Å². The molecule has 1 aromatic carbocycles. The Morgan fingerprint density at radius 1 is 1.26 bits per heavy atom. The maximum atomic E-state index is 13.7. The van der Waals surface area contributed by atoms with Gasteiger partial charge in [0.2, 0.25) is 0 Å². The van der Waals surface area contributed by atoms with Crippen LogP contribution in [0.15, 0.2) is 36.7 Å². The highest BCUT2D eigenvalue weighted by Gasteiger charge is 2.55. The van der Waals surface area contributed by atoms with Gasteiger partial charge in [-0.3, -0.25) is 14.7 Å². The van der Waals surface area contributed by atoms with E-state index in [4.69, 9.17) is 18.0 Å². The number of terminal acetylenes is 1. The summed E-state index contributed by atoms with van der Waals surface area (Å²) < 4.78 is 28.1. The van der Waals surface area contributed by atoms with Crippen molar-refractivity contribution in [3.63, 3.8) is 0 Å². The topological polar surface area (TPSA) is 118 Å². The molecule has 2 aliphatic carbocycles. The van der Waals surface area contributed by atoms with Gasteiger partial charge in [0, 0.05) is 22.7 Å². The first-order chi connectivity index (χ1) is 18.3. The number of carbonyl (C=O) groups excluding carboxylic acids is 2. The van der Waals surface area contributed by atoms with Crippen molar-refractivity contribution in [2.45, 2.75) is 37.6 Å². The van der Waals surface area contributed by atoms with Crippen molar-refractivity contribution in [2.24, 2.45) is 5.92 Å². The molecule has 0 bridgehead atoms. The van der Waals surface area contributed by atoms with Crippen molar-refractivity contribution in [3.05, 3.63) is 64.2 Å². The molecule has 4 aromatic rings. The van der Waals surface area contributed by atoms with Gasteiger partial charge in [-0.2, -0.15) is 10.2 Å². The van der Waals surface area contributed by atoms with Gasteiger partial charge in [0.15, 0.2) is 5.82 Å². The van der Waals surface area contributed by atoms with Crippen LogP contribution >= 0.6 is 11.6 Å². The lowest BCUT2D eigenvalue weighted by Crippen LogP contribution is -2.39. The van der Waals surface area contributed by atoms with Gasteiger partial charge in [-0.15, -0.1) is 6.42 Å². The maximum Gasteiger partial charge on any atom is 0.282 e. The summed E-state index contributed by atoms with van der Waals surface area (Å²) in [5.41, 5.74) is -0.381. The van der Waals surface area contributed by atoms with E-state index in [1.165, 1.54) is 18.5 Å². The zero-order valence-corrected chi connectivity index (χ0v) is 20.5. The van der Waals surface area contributed by atoms with Crippen LogP contribution in [0.25, 0.3) is 16.7 Å². The molecular formula is C26H20ClF2N7O2. The Kier molecular flexibility index (Phi) is 5.65. The summed E-state index contributed by atoms with van der Waals surface area (Å²) >= 11 is 6.22. The second kappa shape index (κ2) is 8.92. The van der Waals surface area contributed by atoms with E-state index in [1.54, 1.807) is 12.1 Å². The normalized spacial score (nSPS) is 15.9. The number of fused-ring (bicyclic) bond motifs is 1. The summed E-state index contributed by atoms with van der Waals surface area (Å²) in [6, 6.07) is 5.60. The predicted molar refractivity (Wildman–Crippen MR) is 135 cm³/mol. The van der Waals surface area contributed by atoms with Crippen LogP contribution in [-0.2, 0) is 0 Å². The number of aromatic amines is 1. The number of halogens is 3. The quantitative estimate of drug-likeness (QED) is 0.298. The molecule has 0 radical (unpaired) electrons. The van der Waals surface area contributed by atoms with Gasteiger partial charge in [0.25, 0.3) is 18.2 Å². The zero-order chi connectivity index (χ0) is 26.6. The van der Waals surface area contributed by atoms with Gasteiger partial charge in [0.1, 0.15) is 11.4 Å². The van der Waals surface area contributed by atoms with Crippen LogP contribution < -0.4 is 10.6 Å². The molecule has 0 atom stereocenters. The third-order valence-electron chi connectivity index (χ3n) is 6.99. The second-order valence-corrected chi connectivity index (χ2v) is 9.87. The lowest BCUT2D eigenvalue weighted by Gasteiger charge is -2.20. The Labute approximate surface area is 220 Å². The second-order valence-electron chi connectivity index (χ2n) is 9.47. The van der Waals surface area contributed by atoms with Crippen molar-refractivity contribution >= 4 is 40.0 Å². The average molecular weight is 536 g/mol. The van der Waals surface area contributed by atoms with Crippen LogP contribution in [0.1, 0.15) is 64.2 Å². The van der Waals surface area contributed by atoms with E-state index in [0.717, 1.165) is 36.4 Å². The Balaban J connectivity index is 1.44. The molecular weight excluding hydrogens is 516 g/mol. The van der Waals surface area contributed by atoms with Crippen LogP contribution in [0.4, 0.5) is 14.5 Å². The summed E-state index contributed by atoms with van der Waals surface area (Å²) in [6.45, 7) is 0. The molecule has 12 heteroatoms. The van der Waals surface area contributed by atoms with E-state index in [0.29, 0.717) is 16.8 Å². The van der Waals surface area contributed by atoms with Gasteiger partial charge >= 0.3 is 0 Å². The molecule has 38 heavy (non-hydrogen) atoms. The number of nitrogens with zero attached hydrogens (tertiary/aromatic N) is 4. The Morgan fingerprint density at radius 2 is 2.05 bits per heavy atom. The van der Waals surface area contributed by atoms with E-state index >= 15 is 0 Å². The van der Waals surface area contributed by atoms with Crippen molar-refractivity contribution < 1.29 is 18.4 Å². The number of rotatable bonds is 7. The van der Waals surface area contributed by atoms with E-state index < -0.39 is 23.9 Å². The van der Waals surface area contributed by atoms with E-state index in [1.807, 2.05) is 0 Å². The number of hydrogen-bond donors (Lipinski definition) is 3. The van der Waals surface area contributed by atoms with E-state index in [-0.39, 0.29) is 38.9 Å². The summed E-state index contributed by atoms with van der Waals surface area (Å²) in [6.07, 6.45) is 9.61. The average Bonchev–Trinajstić information content (AvgIpc) is 3.80. The number of hydrogen-bond acceptors (Lipinski definition) is 5. The molecule has 2 aliphatic rings. The molecule has 2 fully saturated rings. The molecule has 0 unspecified atom stereocenters. The first-order valence-electron chi connectivity index (χ1n) is 11.9. The number of benzene rings is 1. The van der Waals surface area contributed by atoms with Gasteiger partial charge < -0.3 is 10.6 Å². The number of pyridine rings is 1. The third kappa shape index (κ3) is 4.07. The van der Waals surface area contributed by atoms with Gasteiger partial charge in [-0.05, 0) is 55.9 Å². The first kappa shape index (κ1) is 24.1. The number of carbonyl (C=O) groups is 2. The highest BCUT2D eigenvalue weighted by Crippen LogP contribution is 2.54. The fourth-order valence-corrected chi connectivity index (χ4v) is 5.00. The highest BCUT2D eigenvalue weighted by atomic mass is 35.5. The largest absolute Gasteiger partial charge is 0.346 e. The molecule has 0 saturated heterocycles. The van der Waals surface area contributed by atoms with Crippen LogP contribution in [0.2, 0.25) is 5.02 Å². The lowest BCUT2D eigenvalue weighted by molar-refractivity contribution is 0.0928. The minimum atomic E-state index is -2.95. The zero-order valence-electron chi connectivity index (χ0n) is 19.8. The van der Waals surface area contributed by atoms with Crippen molar-refractivity contribution in [1.82, 2.24) is 30.3 Å². The summed E-state index contributed by atoms with van der Waals surface area (Å²) in [5.74, 6) is 1.69. The third-order valence-corrected chi connectivity index (χ3v) is 7.29. The molecule has 3 N–H and O–H groups in total. The van der Waals surface area contributed by atoms with Crippen molar-refractivity contribution in [1.29, 1.82) is 0 Å². The first-order valence-corrected chi connectivity index (χ1v) is 12.3. The predicted octanol–water partition coefficient (Wildman–Crippen LogP) is 4.64. The number of H-pyrrole nitrogens is 1. The SMILES string of the molecule is C#Cc1cc2cn[nH]c2c(C(=O)NC2(C3CC3)CC2)c1NC(=O)c1cc(C(F)F)nn1-c1ncccc1Cl. The molecule has 0 spiro atoms. The fraction of sp³-hybridized carbons (Fsp3) is 0.269. The molecule has 9 nitrogen and oxygen atoms in total. The van der Waals surface area contributed by atoms with Crippen molar-refractivity contribution in [3.8, 4) is 18.2 Å². The molecule has 3 aromatic heterocycles. The molecule has 2 amide bonds. The molecule has 192 valence electrons.